The third-order valence-corrected chi connectivity index (χ3v) is 6.27. The Bertz CT molecular complexity index is 963. The van der Waals surface area contributed by atoms with Crippen molar-refractivity contribution < 1.29 is 17.9 Å². The lowest BCUT2D eigenvalue weighted by molar-refractivity contribution is 0.0695. The monoisotopic (exact) mass is 400 g/mol. The van der Waals surface area contributed by atoms with E-state index in [1.807, 2.05) is 43.3 Å². The number of benzene rings is 2. The van der Waals surface area contributed by atoms with Crippen LogP contribution in [0.2, 0.25) is 0 Å². The molecule has 1 heterocycles. The normalized spacial score (nSPS) is 15.7. The van der Waals surface area contributed by atoms with Gasteiger partial charge >= 0.3 is 0 Å². The Morgan fingerprint density at radius 1 is 1.04 bits per heavy atom. The molecule has 1 aliphatic rings. The second-order valence-electron chi connectivity index (χ2n) is 6.65. The first-order valence-corrected chi connectivity index (χ1v) is 10.6. The molecule has 28 heavy (non-hydrogen) atoms. The molecule has 1 aliphatic heterocycles. The minimum Gasteiger partial charge on any atom is -0.496 e. The summed E-state index contributed by atoms with van der Waals surface area (Å²) in [4.78, 5) is 14.5. The van der Waals surface area contributed by atoms with E-state index in [4.69, 9.17) is 4.74 Å². The number of aryl methyl sites for hydroxylation is 1. The first-order chi connectivity index (χ1) is 13.4. The van der Waals surface area contributed by atoms with Gasteiger partial charge in [0.05, 0.1) is 12.7 Å². The topological polar surface area (TPSA) is 66.9 Å². The van der Waals surface area contributed by atoms with Gasteiger partial charge in [0.2, 0.25) is 10.0 Å². The molecule has 0 aliphatic carbocycles. The van der Waals surface area contributed by atoms with E-state index in [-0.39, 0.29) is 19.0 Å². The number of carbonyl (C=O) groups is 1. The first kappa shape index (κ1) is 20.1. The highest BCUT2D eigenvalue weighted by Crippen LogP contribution is 2.22. The summed E-state index contributed by atoms with van der Waals surface area (Å²) in [6, 6.07) is 14.7. The molecule has 1 saturated heterocycles. The molecule has 3 rings (SSSR count). The van der Waals surface area contributed by atoms with E-state index in [9.17, 15) is 13.2 Å². The van der Waals surface area contributed by atoms with Crippen molar-refractivity contribution in [2.45, 2.75) is 6.92 Å². The van der Waals surface area contributed by atoms with E-state index in [0.29, 0.717) is 24.4 Å². The lowest BCUT2D eigenvalue weighted by atomic mass is 10.1. The fourth-order valence-corrected chi connectivity index (χ4v) is 4.29. The van der Waals surface area contributed by atoms with E-state index < -0.39 is 10.0 Å². The predicted octanol–water partition coefficient (Wildman–Crippen LogP) is 2.76. The number of sulfonamides is 1. The Hall–Kier alpha value is -2.64. The molecular formula is C21H24N2O4S. The maximum absolute atomic E-state index is 12.9. The van der Waals surface area contributed by atoms with E-state index in [1.54, 1.807) is 23.1 Å². The first-order valence-electron chi connectivity index (χ1n) is 9.08. The van der Waals surface area contributed by atoms with Crippen molar-refractivity contribution in [3.05, 3.63) is 70.6 Å². The zero-order chi connectivity index (χ0) is 20.1. The van der Waals surface area contributed by atoms with E-state index in [2.05, 4.69) is 0 Å². The summed E-state index contributed by atoms with van der Waals surface area (Å²) in [5, 5.41) is 1.23. The molecule has 2 aromatic carbocycles. The molecule has 0 aromatic heterocycles. The molecular weight excluding hydrogens is 376 g/mol. The highest BCUT2D eigenvalue weighted by molar-refractivity contribution is 7.92. The van der Waals surface area contributed by atoms with E-state index >= 15 is 0 Å². The van der Waals surface area contributed by atoms with Gasteiger partial charge in [-0.15, -0.1) is 0 Å². The predicted molar refractivity (Wildman–Crippen MR) is 110 cm³/mol. The van der Waals surface area contributed by atoms with Gasteiger partial charge in [0.1, 0.15) is 5.75 Å². The van der Waals surface area contributed by atoms with Crippen LogP contribution < -0.4 is 4.74 Å². The number of ether oxygens (including phenoxy) is 1. The molecule has 148 valence electrons. The van der Waals surface area contributed by atoms with Crippen LogP contribution in [0.4, 0.5) is 0 Å². The van der Waals surface area contributed by atoms with Crippen LogP contribution >= 0.6 is 0 Å². The van der Waals surface area contributed by atoms with Gasteiger partial charge in [0, 0.05) is 31.6 Å². The number of hydrogen-bond acceptors (Lipinski definition) is 4. The van der Waals surface area contributed by atoms with Crippen LogP contribution in [0.3, 0.4) is 0 Å². The quantitative estimate of drug-likeness (QED) is 0.774. The molecule has 0 spiro atoms. The van der Waals surface area contributed by atoms with Gasteiger partial charge in [0.25, 0.3) is 5.91 Å². The number of carbonyl (C=O) groups excluding carboxylic acids is 1. The average molecular weight is 401 g/mol. The standard InChI is InChI=1S/C21H24N2O4S/c1-17-8-9-20(27-2)19(16-17)21(24)22-11-13-23(14-12-22)28(25,26)15-10-18-6-4-3-5-7-18/h3-10,15-16H,11-14H2,1-2H3/b15-10+. The van der Waals surface area contributed by atoms with Gasteiger partial charge in [-0.1, -0.05) is 42.0 Å². The summed E-state index contributed by atoms with van der Waals surface area (Å²) in [6.07, 6.45) is 1.59. The van der Waals surface area contributed by atoms with Gasteiger partial charge in [-0.25, -0.2) is 8.42 Å². The van der Waals surface area contributed by atoms with Crippen LogP contribution in [-0.2, 0) is 10.0 Å². The highest BCUT2D eigenvalue weighted by atomic mass is 32.2. The minimum absolute atomic E-state index is 0.141. The molecule has 0 bridgehead atoms. The van der Waals surface area contributed by atoms with E-state index in [0.717, 1.165) is 11.1 Å². The van der Waals surface area contributed by atoms with Crippen molar-refractivity contribution in [2.24, 2.45) is 0 Å². The van der Waals surface area contributed by atoms with Crippen LogP contribution in [0.25, 0.3) is 6.08 Å². The largest absolute Gasteiger partial charge is 0.496 e. The van der Waals surface area contributed by atoms with Gasteiger partial charge < -0.3 is 9.64 Å². The lowest BCUT2D eigenvalue weighted by Crippen LogP contribution is -2.50. The van der Waals surface area contributed by atoms with Crippen LogP contribution in [0.15, 0.2) is 53.9 Å². The Balaban J connectivity index is 1.66. The lowest BCUT2D eigenvalue weighted by Gasteiger charge is -2.33. The van der Waals surface area contributed by atoms with Crippen molar-refractivity contribution in [1.29, 1.82) is 0 Å². The Morgan fingerprint density at radius 3 is 2.36 bits per heavy atom. The van der Waals surface area contributed by atoms with Crippen molar-refractivity contribution in [1.82, 2.24) is 9.21 Å². The Kier molecular flexibility index (Phi) is 6.16. The maximum Gasteiger partial charge on any atom is 0.257 e. The summed E-state index contributed by atoms with van der Waals surface area (Å²) >= 11 is 0. The molecule has 0 saturated carbocycles. The molecule has 0 atom stereocenters. The Labute approximate surface area is 166 Å². The number of hydrogen-bond donors (Lipinski definition) is 0. The zero-order valence-corrected chi connectivity index (χ0v) is 16.9. The minimum atomic E-state index is -3.52. The van der Waals surface area contributed by atoms with Crippen molar-refractivity contribution in [3.63, 3.8) is 0 Å². The second kappa shape index (κ2) is 8.58. The second-order valence-corrected chi connectivity index (χ2v) is 8.47. The smallest absolute Gasteiger partial charge is 0.257 e. The average Bonchev–Trinajstić information content (AvgIpc) is 2.72. The molecule has 0 radical (unpaired) electrons. The number of nitrogens with zero attached hydrogens (tertiary/aromatic N) is 2. The number of rotatable bonds is 5. The van der Waals surface area contributed by atoms with Gasteiger partial charge in [0.15, 0.2) is 0 Å². The fraction of sp³-hybridized carbons (Fsp3) is 0.286. The fourth-order valence-electron chi connectivity index (χ4n) is 3.12. The number of amides is 1. The number of piperazine rings is 1. The van der Waals surface area contributed by atoms with Gasteiger partial charge in [-0.2, -0.15) is 4.31 Å². The van der Waals surface area contributed by atoms with Crippen molar-refractivity contribution in [2.75, 3.05) is 33.3 Å². The summed E-state index contributed by atoms with van der Waals surface area (Å²) in [7, 11) is -1.99. The van der Waals surface area contributed by atoms with Crippen LogP contribution in [0.1, 0.15) is 21.5 Å². The van der Waals surface area contributed by atoms with Gasteiger partial charge in [-0.3, -0.25) is 4.79 Å². The summed E-state index contributed by atoms with van der Waals surface area (Å²) in [6.45, 7) is 3.13. The third-order valence-electron chi connectivity index (χ3n) is 4.70. The maximum atomic E-state index is 12.9. The summed E-state index contributed by atoms with van der Waals surface area (Å²) in [5.41, 5.74) is 2.30. The third kappa shape index (κ3) is 4.61. The van der Waals surface area contributed by atoms with E-state index in [1.165, 1.54) is 16.8 Å². The highest BCUT2D eigenvalue weighted by Gasteiger charge is 2.29. The van der Waals surface area contributed by atoms with Gasteiger partial charge in [-0.05, 0) is 30.7 Å². The van der Waals surface area contributed by atoms with Crippen molar-refractivity contribution >= 4 is 22.0 Å². The Morgan fingerprint density at radius 2 is 1.71 bits per heavy atom. The molecule has 7 heteroatoms. The molecule has 2 aromatic rings. The van der Waals surface area contributed by atoms with Crippen LogP contribution in [-0.4, -0.2) is 56.8 Å². The SMILES string of the molecule is COc1ccc(C)cc1C(=O)N1CCN(S(=O)(=O)/C=C/c2ccccc2)CC1. The summed E-state index contributed by atoms with van der Waals surface area (Å²) in [5.74, 6) is 0.383. The summed E-state index contributed by atoms with van der Waals surface area (Å²) < 4.78 is 31.8. The van der Waals surface area contributed by atoms with Crippen molar-refractivity contribution in [3.8, 4) is 5.75 Å². The zero-order valence-electron chi connectivity index (χ0n) is 16.0. The molecule has 6 nitrogen and oxygen atoms in total. The molecule has 1 fully saturated rings. The molecule has 0 unspecified atom stereocenters. The van der Waals surface area contributed by atoms with Crippen LogP contribution in [0.5, 0.6) is 5.75 Å². The molecule has 1 amide bonds. The van der Waals surface area contributed by atoms with Crippen LogP contribution in [0, 0.1) is 6.92 Å². The number of methoxy groups -OCH3 is 1. The molecule has 0 N–H and O–H groups in total.